The van der Waals surface area contributed by atoms with Crippen molar-refractivity contribution in [3.8, 4) is 5.69 Å². The first kappa shape index (κ1) is 10.3. The first-order valence-corrected chi connectivity index (χ1v) is 5.10. The van der Waals surface area contributed by atoms with Gasteiger partial charge in [0, 0.05) is 6.20 Å². The fraction of sp³-hybridized carbons (Fsp3) is 0.100. The van der Waals surface area contributed by atoms with Crippen LogP contribution in [0.2, 0.25) is 10.0 Å². The van der Waals surface area contributed by atoms with Crippen molar-refractivity contribution in [3.63, 3.8) is 0 Å². The lowest BCUT2D eigenvalue weighted by Crippen LogP contribution is -1.99. The number of nitrogens with two attached hydrogens (primary N) is 1. The molecule has 0 saturated carbocycles. The number of aryl methyl sites for hydroxylation is 1. The van der Waals surface area contributed by atoms with Crippen molar-refractivity contribution in [2.45, 2.75) is 6.92 Å². The molecule has 0 spiro atoms. The van der Waals surface area contributed by atoms with Crippen LogP contribution in [-0.4, -0.2) is 9.55 Å². The molecule has 15 heavy (non-hydrogen) atoms. The standard InChI is InChI=1S/C10H9Cl2N3/c1-6-5-15(10(13)14-6)7-2-3-8(11)9(12)4-7/h2-5H,1H3,(H2,13,14). The van der Waals surface area contributed by atoms with Crippen LogP contribution < -0.4 is 5.73 Å². The molecule has 0 aliphatic rings. The number of benzene rings is 1. The fourth-order valence-corrected chi connectivity index (χ4v) is 1.65. The summed E-state index contributed by atoms with van der Waals surface area (Å²) < 4.78 is 1.76. The molecule has 0 aliphatic heterocycles. The molecule has 2 aromatic rings. The highest BCUT2D eigenvalue weighted by Crippen LogP contribution is 2.25. The Morgan fingerprint density at radius 2 is 2.00 bits per heavy atom. The molecule has 0 unspecified atom stereocenters. The van der Waals surface area contributed by atoms with Crippen LogP contribution in [-0.2, 0) is 0 Å². The summed E-state index contributed by atoms with van der Waals surface area (Å²) in [5, 5.41) is 1.02. The fourth-order valence-electron chi connectivity index (χ4n) is 1.36. The lowest BCUT2D eigenvalue weighted by atomic mass is 10.3. The Morgan fingerprint density at radius 1 is 1.27 bits per heavy atom. The first-order valence-electron chi connectivity index (χ1n) is 4.35. The van der Waals surface area contributed by atoms with E-state index in [1.165, 1.54) is 0 Å². The van der Waals surface area contributed by atoms with Crippen molar-refractivity contribution in [2.75, 3.05) is 5.73 Å². The van der Waals surface area contributed by atoms with E-state index >= 15 is 0 Å². The molecule has 2 N–H and O–H groups in total. The van der Waals surface area contributed by atoms with Crippen LogP contribution in [0.1, 0.15) is 5.69 Å². The van der Waals surface area contributed by atoms with Gasteiger partial charge in [0.05, 0.1) is 21.4 Å². The molecule has 0 fully saturated rings. The van der Waals surface area contributed by atoms with E-state index < -0.39 is 0 Å². The molecule has 5 heteroatoms. The van der Waals surface area contributed by atoms with Gasteiger partial charge in [0.25, 0.3) is 0 Å². The third-order valence-electron chi connectivity index (χ3n) is 2.04. The highest BCUT2D eigenvalue weighted by molar-refractivity contribution is 6.42. The number of nitrogen functional groups attached to an aromatic ring is 1. The lowest BCUT2D eigenvalue weighted by Gasteiger charge is -2.05. The normalized spacial score (nSPS) is 10.6. The van der Waals surface area contributed by atoms with Crippen LogP contribution in [0, 0.1) is 6.92 Å². The number of aromatic nitrogens is 2. The minimum atomic E-state index is 0.436. The van der Waals surface area contributed by atoms with E-state index in [4.69, 9.17) is 28.9 Å². The summed E-state index contributed by atoms with van der Waals surface area (Å²) in [5.74, 6) is 0.436. The van der Waals surface area contributed by atoms with Gasteiger partial charge in [-0.3, -0.25) is 4.57 Å². The highest BCUT2D eigenvalue weighted by Gasteiger charge is 2.05. The van der Waals surface area contributed by atoms with E-state index in [0.29, 0.717) is 16.0 Å². The van der Waals surface area contributed by atoms with E-state index in [-0.39, 0.29) is 0 Å². The zero-order valence-corrected chi connectivity index (χ0v) is 9.55. The van der Waals surface area contributed by atoms with Crippen LogP contribution in [0.3, 0.4) is 0 Å². The van der Waals surface area contributed by atoms with E-state index in [2.05, 4.69) is 4.98 Å². The van der Waals surface area contributed by atoms with Crippen molar-refractivity contribution in [1.29, 1.82) is 0 Å². The monoisotopic (exact) mass is 241 g/mol. The molecule has 3 nitrogen and oxygen atoms in total. The first-order chi connectivity index (χ1) is 7.08. The summed E-state index contributed by atoms with van der Waals surface area (Å²) in [6.45, 7) is 1.88. The molecule has 0 atom stereocenters. The largest absolute Gasteiger partial charge is 0.369 e. The summed E-state index contributed by atoms with van der Waals surface area (Å²) >= 11 is 11.7. The third kappa shape index (κ3) is 1.94. The average Bonchev–Trinajstić information content (AvgIpc) is 2.50. The number of imidazole rings is 1. The van der Waals surface area contributed by atoms with Crippen molar-refractivity contribution in [2.24, 2.45) is 0 Å². The maximum absolute atomic E-state index is 5.92. The summed E-state index contributed by atoms with van der Waals surface area (Å²) in [6, 6.07) is 5.32. The van der Waals surface area contributed by atoms with Gasteiger partial charge >= 0.3 is 0 Å². The van der Waals surface area contributed by atoms with Crippen LogP contribution in [0.4, 0.5) is 5.95 Å². The number of hydrogen-bond donors (Lipinski definition) is 1. The molecule has 78 valence electrons. The molecule has 0 aliphatic carbocycles. The molecular weight excluding hydrogens is 233 g/mol. The van der Waals surface area contributed by atoms with E-state index in [1.807, 2.05) is 19.2 Å². The van der Waals surface area contributed by atoms with E-state index in [1.54, 1.807) is 16.7 Å². The summed E-state index contributed by atoms with van der Waals surface area (Å²) in [4.78, 5) is 4.10. The molecule has 0 radical (unpaired) electrons. The van der Waals surface area contributed by atoms with Gasteiger partial charge in [-0.2, -0.15) is 0 Å². The second-order valence-electron chi connectivity index (χ2n) is 3.21. The molecule has 1 heterocycles. The number of nitrogens with zero attached hydrogens (tertiary/aromatic N) is 2. The molecule has 1 aromatic carbocycles. The molecular formula is C10H9Cl2N3. The lowest BCUT2D eigenvalue weighted by molar-refractivity contribution is 1.07. The van der Waals surface area contributed by atoms with Crippen molar-refractivity contribution >= 4 is 29.2 Å². The summed E-state index contributed by atoms with van der Waals surface area (Å²) in [5.41, 5.74) is 7.45. The SMILES string of the molecule is Cc1cn(-c2ccc(Cl)c(Cl)c2)c(N)n1. The number of halogens is 2. The Hall–Kier alpha value is -1.19. The minimum Gasteiger partial charge on any atom is -0.369 e. The summed E-state index contributed by atoms with van der Waals surface area (Å²) in [6.07, 6.45) is 1.84. The Labute approximate surface area is 97.4 Å². The van der Waals surface area contributed by atoms with Gasteiger partial charge < -0.3 is 5.73 Å². The minimum absolute atomic E-state index is 0.436. The molecule has 2 rings (SSSR count). The van der Waals surface area contributed by atoms with E-state index in [9.17, 15) is 0 Å². The predicted octanol–water partition coefficient (Wildman–Crippen LogP) is 3.07. The van der Waals surface area contributed by atoms with Crippen molar-refractivity contribution in [1.82, 2.24) is 9.55 Å². The van der Waals surface area contributed by atoms with Crippen LogP contribution >= 0.6 is 23.2 Å². The second kappa shape index (κ2) is 3.76. The van der Waals surface area contributed by atoms with Gasteiger partial charge in [0.15, 0.2) is 0 Å². The van der Waals surface area contributed by atoms with E-state index in [0.717, 1.165) is 11.4 Å². The Morgan fingerprint density at radius 3 is 2.53 bits per heavy atom. The quantitative estimate of drug-likeness (QED) is 0.835. The van der Waals surface area contributed by atoms with Gasteiger partial charge in [-0.25, -0.2) is 4.98 Å². The van der Waals surface area contributed by atoms with Gasteiger partial charge in [0.2, 0.25) is 5.95 Å². The van der Waals surface area contributed by atoms with Crippen LogP contribution in [0.25, 0.3) is 5.69 Å². The Bertz CT molecular complexity index is 505. The Kier molecular flexibility index (Phi) is 2.59. The maximum Gasteiger partial charge on any atom is 0.205 e. The van der Waals surface area contributed by atoms with Gasteiger partial charge in [0.1, 0.15) is 0 Å². The number of rotatable bonds is 1. The zero-order valence-electron chi connectivity index (χ0n) is 8.04. The zero-order chi connectivity index (χ0) is 11.0. The van der Waals surface area contributed by atoms with Crippen LogP contribution in [0.5, 0.6) is 0 Å². The highest BCUT2D eigenvalue weighted by atomic mass is 35.5. The smallest absolute Gasteiger partial charge is 0.205 e. The number of anilines is 1. The van der Waals surface area contributed by atoms with Gasteiger partial charge in [-0.1, -0.05) is 23.2 Å². The molecule has 1 aromatic heterocycles. The van der Waals surface area contributed by atoms with Crippen molar-refractivity contribution < 1.29 is 0 Å². The maximum atomic E-state index is 5.92. The predicted molar refractivity (Wildman–Crippen MR) is 62.7 cm³/mol. The summed E-state index contributed by atoms with van der Waals surface area (Å²) in [7, 11) is 0. The molecule has 0 bridgehead atoms. The van der Waals surface area contributed by atoms with Gasteiger partial charge in [-0.05, 0) is 25.1 Å². The molecule has 0 saturated heterocycles. The average molecular weight is 242 g/mol. The topological polar surface area (TPSA) is 43.8 Å². The van der Waals surface area contributed by atoms with Crippen LogP contribution in [0.15, 0.2) is 24.4 Å². The van der Waals surface area contributed by atoms with Crippen molar-refractivity contribution in [3.05, 3.63) is 40.1 Å². The number of hydrogen-bond acceptors (Lipinski definition) is 2. The molecule has 0 amide bonds. The Balaban J connectivity index is 2.54. The second-order valence-corrected chi connectivity index (χ2v) is 4.02. The third-order valence-corrected chi connectivity index (χ3v) is 2.77. The van der Waals surface area contributed by atoms with Gasteiger partial charge in [-0.15, -0.1) is 0 Å².